The summed E-state index contributed by atoms with van der Waals surface area (Å²) in [4.78, 5) is 53.2. The highest BCUT2D eigenvalue weighted by Gasteiger charge is 2.58. The van der Waals surface area contributed by atoms with E-state index in [4.69, 9.17) is 31.6 Å². The van der Waals surface area contributed by atoms with Gasteiger partial charge in [0.2, 0.25) is 0 Å². The van der Waals surface area contributed by atoms with Crippen molar-refractivity contribution in [1.82, 2.24) is 0 Å². The molecule has 8 saturated carbocycles. The minimum Gasteiger partial charge on any atom is -0.462 e. The summed E-state index contributed by atoms with van der Waals surface area (Å²) in [5.74, 6) is 2.54. The summed E-state index contributed by atoms with van der Waals surface area (Å²) in [6, 6.07) is 33.7. The number of esters is 4. The fourth-order valence-corrected chi connectivity index (χ4v) is 15.9. The molecule has 75 heavy (non-hydrogen) atoms. The Balaban J connectivity index is 0.000000161. The maximum Gasteiger partial charge on any atom is 0.311 e. The van der Waals surface area contributed by atoms with Crippen LogP contribution in [-0.2, 0) is 38.1 Å². The zero-order chi connectivity index (χ0) is 52.6. The van der Waals surface area contributed by atoms with Crippen LogP contribution in [0.25, 0.3) is 43.1 Å². The van der Waals surface area contributed by atoms with Gasteiger partial charge in [0.25, 0.3) is 0 Å². The van der Waals surface area contributed by atoms with Crippen molar-refractivity contribution in [3.05, 3.63) is 113 Å². The van der Waals surface area contributed by atoms with E-state index in [9.17, 15) is 19.2 Å². The smallest absolute Gasteiger partial charge is 0.311 e. The molecule has 8 fully saturated rings. The van der Waals surface area contributed by atoms with Gasteiger partial charge >= 0.3 is 23.9 Å². The standard InChI is InChI=1S/C33H38O4S.C32H35BrO4/c1-5-33(3,4)32(35)37-30-23-12-21-13-24(30)15-22(14-23)29(21)31(34)36-18(2)19-10-11-26-25-9-7-6-8-20(25)17-28(38)27(26)16-19;1-4-17(2)31(34)37-30-23-12-21-13-24(30)15-22(14-23)29(21)32(35)36-18(3)19-9-10-25-20(11-19)16-28(33)27-8-6-5-7-26(25)27/h6-11,16-18,21-24,29-30,38H,5,12-15H2,1-4H3;5-11,16-18,21-24,29-30H,4,12-15H2,1-3H3. The summed E-state index contributed by atoms with van der Waals surface area (Å²) in [5.41, 5.74) is 1.57. The number of carbonyl (C=O) groups excluding carboxylic acids is 4. The van der Waals surface area contributed by atoms with Crippen LogP contribution in [0.15, 0.2) is 106 Å². The Morgan fingerprint density at radius 3 is 1.53 bits per heavy atom. The molecule has 0 N–H and O–H groups in total. The molecule has 394 valence electrons. The second-order valence-corrected chi connectivity index (χ2v) is 25.6. The highest BCUT2D eigenvalue weighted by Crippen LogP contribution is 2.59. The normalized spacial score (nSPS) is 29.4. The predicted molar refractivity (Wildman–Crippen MR) is 302 cm³/mol. The molecule has 8 aliphatic carbocycles. The van der Waals surface area contributed by atoms with Gasteiger partial charge in [-0.15, -0.1) is 12.6 Å². The van der Waals surface area contributed by atoms with Crippen LogP contribution in [0.1, 0.15) is 136 Å². The zero-order valence-corrected chi connectivity index (χ0v) is 47.0. The lowest BCUT2D eigenvalue weighted by atomic mass is 9.50. The van der Waals surface area contributed by atoms with Crippen molar-refractivity contribution in [3.63, 3.8) is 0 Å². The number of fused-ring (bicyclic) bond motifs is 6. The molecule has 10 heteroatoms. The van der Waals surface area contributed by atoms with Crippen LogP contribution in [0.4, 0.5) is 0 Å². The van der Waals surface area contributed by atoms with E-state index in [2.05, 4.69) is 107 Å². The summed E-state index contributed by atoms with van der Waals surface area (Å²) in [6.07, 6.45) is 8.71. The van der Waals surface area contributed by atoms with Crippen LogP contribution in [0.2, 0.25) is 0 Å². The van der Waals surface area contributed by atoms with E-state index in [-0.39, 0.29) is 66.0 Å². The first-order valence-electron chi connectivity index (χ1n) is 28.1. The van der Waals surface area contributed by atoms with Crippen LogP contribution in [0.5, 0.6) is 0 Å². The number of hydrogen-bond donors (Lipinski definition) is 1. The Kier molecular flexibility index (Phi) is 14.5. The fourth-order valence-electron chi connectivity index (χ4n) is 15.0. The number of rotatable bonds is 12. The fraction of sp³-hybridized carbons (Fsp3) is 0.508. The molecule has 6 aromatic rings. The first-order valence-corrected chi connectivity index (χ1v) is 29.3. The SMILES string of the molecule is CCC(C)(C)C(=O)OC1C2CC3CC1CC(C2)C3C(=O)OC(C)c1ccc2c(c1)c(S)cc1ccccc12.CCC(C)C(=O)OC1C2CC3CC1CC(C2)C3C(=O)OC(C)c1ccc2c(c1)cc(Br)c1ccccc12. The number of carbonyl (C=O) groups is 4. The van der Waals surface area contributed by atoms with Gasteiger partial charge in [-0.3, -0.25) is 19.2 Å². The van der Waals surface area contributed by atoms with Crippen LogP contribution >= 0.6 is 28.6 Å². The lowest BCUT2D eigenvalue weighted by molar-refractivity contribution is -0.195. The molecule has 3 unspecified atom stereocenters. The zero-order valence-electron chi connectivity index (χ0n) is 44.6. The van der Waals surface area contributed by atoms with Crippen molar-refractivity contribution in [2.75, 3.05) is 0 Å². The van der Waals surface area contributed by atoms with Gasteiger partial charge in [-0.05, 0) is 218 Å². The molecule has 0 aromatic heterocycles. The second kappa shape index (κ2) is 20.8. The molecule has 8 bridgehead atoms. The van der Waals surface area contributed by atoms with E-state index in [1.54, 1.807) is 0 Å². The average Bonchev–Trinajstić information content (AvgIpc) is 3.40. The Morgan fingerprint density at radius 1 is 0.547 bits per heavy atom. The van der Waals surface area contributed by atoms with Crippen molar-refractivity contribution in [1.29, 1.82) is 0 Å². The lowest BCUT2D eigenvalue weighted by Gasteiger charge is -2.56. The third-order valence-electron chi connectivity index (χ3n) is 19.4. The largest absolute Gasteiger partial charge is 0.462 e. The lowest BCUT2D eigenvalue weighted by Crippen LogP contribution is -2.56. The van der Waals surface area contributed by atoms with Crippen molar-refractivity contribution >= 4 is 95.5 Å². The Hall–Kier alpha value is -4.93. The van der Waals surface area contributed by atoms with E-state index in [0.717, 1.165) is 101 Å². The average molecular weight is 1090 g/mol. The highest BCUT2D eigenvalue weighted by atomic mass is 79.9. The molecular weight excluding hydrogens is 1020 g/mol. The van der Waals surface area contributed by atoms with E-state index in [0.29, 0.717) is 47.3 Å². The molecule has 0 spiro atoms. The molecule has 6 aromatic carbocycles. The molecule has 0 amide bonds. The molecule has 0 radical (unpaired) electrons. The number of benzene rings is 6. The van der Waals surface area contributed by atoms with Crippen LogP contribution < -0.4 is 0 Å². The molecule has 0 aliphatic heterocycles. The third-order valence-corrected chi connectivity index (χ3v) is 20.5. The van der Waals surface area contributed by atoms with Gasteiger partial charge in [0.1, 0.15) is 24.4 Å². The van der Waals surface area contributed by atoms with Gasteiger partial charge in [0, 0.05) is 9.37 Å². The number of thiol groups is 1. The van der Waals surface area contributed by atoms with Crippen LogP contribution in [-0.4, -0.2) is 36.1 Å². The summed E-state index contributed by atoms with van der Waals surface area (Å²) in [5, 5.41) is 9.36. The number of halogens is 1. The Labute approximate surface area is 456 Å². The maximum absolute atomic E-state index is 13.5. The summed E-state index contributed by atoms with van der Waals surface area (Å²) < 4.78 is 25.5. The number of ether oxygens (including phenoxy) is 4. The van der Waals surface area contributed by atoms with Gasteiger partial charge in [0.15, 0.2) is 0 Å². The van der Waals surface area contributed by atoms with Crippen molar-refractivity contribution < 1.29 is 38.1 Å². The minimum atomic E-state index is -0.444. The molecule has 0 heterocycles. The van der Waals surface area contributed by atoms with Crippen LogP contribution in [0.3, 0.4) is 0 Å². The van der Waals surface area contributed by atoms with E-state index >= 15 is 0 Å². The summed E-state index contributed by atoms with van der Waals surface area (Å²) in [6.45, 7) is 13.9. The molecule has 3 atom stereocenters. The quantitative estimate of drug-likeness (QED) is 0.0559. The van der Waals surface area contributed by atoms with Gasteiger partial charge in [-0.25, -0.2) is 0 Å². The molecule has 8 nitrogen and oxygen atoms in total. The third kappa shape index (κ3) is 9.80. The maximum atomic E-state index is 13.5. The predicted octanol–water partition coefficient (Wildman–Crippen LogP) is 15.9. The first-order chi connectivity index (χ1) is 36.0. The Morgan fingerprint density at radius 2 is 1.00 bits per heavy atom. The summed E-state index contributed by atoms with van der Waals surface area (Å²) >= 11 is 8.48. The van der Waals surface area contributed by atoms with Crippen LogP contribution in [0, 0.1) is 70.5 Å². The Bertz CT molecular complexity index is 3140. The first kappa shape index (κ1) is 52.1. The monoisotopic (exact) mass is 1090 g/mol. The molecular formula is C65H73BrO8S. The van der Waals surface area contributed by atoms with Crippen molar-refractivity contribution in [2.45, 2.75) is 142 Å². The van der Waals surface area contributed by atoms with Crippen molar-refractivity contribution in [3.8, 4) is 0 Å². The molecule has 14 rings (SSSR count). The van der Waals surface area contributed by atoms with E-state index in [1.807, 2.05) is 54.5 Å². The summed E-state index contributed by atoms with van der Waals surface area (Å²) in [7, 11) is 0. The van der Waals surface area contributed by atoms with Gasteiger partial charge in [0.05, 0.1) is 23.2 Å². The van der Waals surface area contributed by atoms with Crippen molar-refractivity contribution in [2.24, 2.45) is 70.5 Å². The van der Waals surface area contributed by atoms with Gasteiger partial charge in [-0.1, -0.05) is 109 Å². The molecule has 0 saturated heterocycles. The number of hydrogen-bond acceptors (Lipinski definition) is 9. The van der Waals surface area contributed by atoms with Gasteiger partial charge in [-0.2, -0.15) is 0 Å². The van der Waals surface area contributed by atoms with Gasteiger partial charge < -0.3 is 18.9 Å². The minimum absolute atomic E-state index is 0.0147. The second-order valence-electron chi connectivity index (χ2n) is 24.3. The molecule has 8 aliphatic rings. The van der Waals surface area contributed by atoms with E-state index in [1.165, 1.54) is 26.9 Å². The van der Waals surface area contributed by atoms with E-state index < -0.39 is 5.41 Å². The highest BCUT2D eigenvalue weighted by molar-refractivity contribution is 9.10. The topological polar surface area (TPSA) is 105 Å².